The molecular formula is C21H33N3O4S. The Labute approximate surface area is 174 Å². The first-order valence-corrected chi connectivity index (χ1v) is 11.8. The first kappa shape index (κ1) is 22.2. The molecule has 2 fully saturated rings. The van der Waals surface area contributed by atoms with Crippen LogP contribution in [0.25, 0.3) is 0 Å². The molecule has 1 N–H and O–H groups in total. The number of carbonyl (C=O) groups is 1. The van der Waals surface area contributed by atoms with Crippen molar-refractivity contribution in [1.82, 2.24) is 14.5 Å². The summed E-state index contributed by atoms with van der Waals surface area (Å²) in [5.41, 5.74) is 3.63. The Balaban J connectivity index is 1.58. The van der Waals surface area contributed by atoms with Crippen LogP contribution in [0.1, 0.15) is 35.1 Å². The molecule has 162 valence electrons. The molecule has 0 unspecified atom stereocenters. The molecule has 0 aliphatic carbocycles. The molecule has 0 saturated carbocycles. The number of aryl methyl sites for hydroxylation is 2. The summed E-state index contributed by atoms with van der Waals surface area (Å²) in [6.07, 6.45) is 2.18. The van der Waals surface area contributed by atoms with E-state index >= 15 is 0 Å². The van der Waals surface area contributed by atoms with Crippen molar-refractivity contribution in [2.24, 2.45) is 0 Å². The number of sulfonamides is 1. The normalized spacial score (nSPS) is 21.4. The predicted molar refractivity (Wildman–Crippen MR) is 113 cm³/mol. The topological polar surface area (TPSA) is 79.0 Å². The lowest BCUT2D eigenvalue weighted by atomic mass is 10.0. The van der Waals surface area contributed by atoms with Crippen molar-refractivity contribution in [3.05, 3.63) is 28.3 Å². The molecule has 7 nitrogen and oxygen atoms in total. The third kappa shape index (κ3) is 4.99. The van der Waals surface area contributed by atoms with Gasteiger partial charge in [-0.15, -0.1) is 0 Å². The minimum atomic E-state index is -3.55. The van der Waals surface area contributed by atoms with Crippen LogP contribution >= 0.6 is 0 Å². The van der Waals surface area contributed by atoms with Crippen molar-refractivity contribution in [1.29, 1.82) is 0 Å². The SMILES string of the molecule is Cc1cc(C)c(C)c(S(=O)(=O)N2CCN(CC(=O)NC[C@H]3CCCO3)CC2)c1C. The average Bonchev–Trinajstić information content (AvgIpc) is 3.19. The van der Waals surface area contributed by atoms with E-state index in [2.05, 4.69) is 5.32 Å². The Bertz CT molecular complexity index is 829. The van der Waals surface area contributed by atoms with Gasteiger partial charge in [-0.1, -0.05) is 6.07 Å². The average molecular weight is 424 g/mol. The Morgan fingerprint density at radius 1 is 1.10 bits per heavy atom. The summed E-state index contributed by atoms with van der Waals surface area (Å²) in [6, 6.07) is 2.04. The standard InChI is InChI=1S/C21H33N3O4S/c1-15-12-16(2)18(4)21(17(15)3)29(26,27)24-9-7-23(8-10-24)14-20(25)22-13-19-6-5-11-28-19/h12,19H,5-11,13-14H2,1-4H3,(H,22,25)/t19-/m1/s1. The molecule has 2 aliphatic rings. The van der Waals surface area contributed by atoms with Crippen molar-refractivity contribution in [3.8, 4) is 0 Å². The van der Waals surface area contributed by atoms with Crippen LogP contribution in [-0.4, -0.2) is 75.5 Å². The third-order valence-electron chi connectivity index (χ3n) is 6.14. The Morgan fingerprint density at radius 3 is 2.28 bits per heavy atom. The van der Waals surface area contributed by atoms with Crippen molar-refractivity contribution in [2.75, 3.05) is 45.9 Å². The van der Waals surface area contributed by atoms with E-state index in [0.717, 1.165) is 41.7 Å². The van der Waals surface area contributed by atoms with Crippen molar-refractivity contribution >= 4 is 15.9 Å². The third-order valence-corrected chi connectivity index (χ3v) is 8.32. The molecule has 1 atom stereocenters. The number of ether oxygens (including phenoxy) is 1. The van der Waals surface area contributed by atoms with E-state index in [1.54, 1.807) is 4.31 Å². The summed E-state index contributed by atoms with van der Waals surface area (Å²) >= 11 is 0. The summed E-state index contributed by atoms with van der Waals surface area (Å²) < 4.78 is 33.7. The summed E-state index contributed by atoms with van der Waals surface area (Å²) in [4.78, 5) is 14.6. The zero-order valence-electron chi connectivity index (χ0n) is 18.0. The molecule has 0 aromatic heterocycles. The molecule has 1 aromatic rings. The van der Waals surface area contributed by atoms with E-state index in [1.807, 2.05) is 38.7 Å². The van der Waals surface area contributed by atoms with E-state index in [0.29, 0.717) is 44.2 Å². The van der Waals surface area contributed by atoms with Gasteiger partial charge in [0.15, 0.2) is 0 Å². The Morgan fingerprint density at radius 2 is 1.72 bits per heavy atom. The van der Waals surface area contributed by atoms with Crippen LogP contribution in [0.3, 0.4) is 0 Å². The highest BCUT2D eigenvalue weighted by atomic mass is 32.2. The maximum absolute atomic E-state index is 13.3. The monoisotopic (exact) mass is 423 g/mol. The number of rotatable bonds is 6. The van der Waals surface area contributed by atoms with Crippen LogP contribution in [0, 0.1) is 27.7 Å². The van der Waals surface area contributed by atoms with Gasteiger partial charge in [-0.05, 0) is 62.8 Å². The lowest BCUT2D eigenvalue weighted by Crippen LogP contribution is -2.51. The van der Waals surface area contributed by atoms with Gasteiger partial charge in [-0.3, -0.25) is 9.69 Å². The van der Waals surface area contributed by atoms with Crippen molar-refractivity contribution in [2.45, 2.75) is 51.5 Å². The van der Waals surface area contributed by atoms with E-state index in [-0.39, 0.29) is 12.0 Å². The second-order valence-corrected chi connectivity index (χ2v) is 10.1. The molecule has 2 heterocycles. The predicted octanol–water partition coefficient (Wildman–Crippen LogP) is 1.52. The summed E-state index contributed by atoms with van der Waals surface area (Å²) in [5.74, 6) is -0.0298. The minimum Gasteiger partial charge on any atom is -0.376 e. The molecule has 0 radical (unpaired) electrons. The number of hydrogen-bond acceptors (Lipinski definition) is 5. The molecule has 29 heavy (non-hydrogen) atoms. The van der Waals surface area contributed by atoms with E-state index < -0.39 is 10.0 Å². The van der Waals surface area contributed by atoms with Crippen molar-refractivity contribution in [3.63, 3.8) is 0 Å². The molecule has 8 heteroatoms. The van der Waals surface area contributed by atoms with Gasteiger partial charge in [0.1, 0.15) is 0 Å². The van der Waals surface area contributed by atoms with Gasteiger partial charge in [0.05, 0.1) is 17.5 Å². The van der Waals surface area contributed by atoms with Gasteiger partial charge >= 0.3 is 0 Å². The summed E-state index contributed by atoms with van der Waals surface area (Å²) in [5, 5.41) is 2.93. The van der Waals surface area contributed by atoms with Gasteiger partial charge in [0.25, 0.3) is 0 Å². The summed E-state index contributed by atoms with van der Waals surface area (Å²) in [6.45, 7) is 11.2. The van der Waals surface area contributed by atoms with Crippen LogP contribution in [0.5, 0.6) is 0 Å². The largest absolute Gasteiger partial charge is 0.376 e. The zero-order valence-corrected chi connectivity index (χ0v) is 18.8. The van der Waals surface area contributed by atoms with Gasteiger partial charge in [0.2, 0.25) is 15.9 Å². The van der Waals surface area contributed by atoms with Crippen molar-refractivity contribution < 1.29 is 17.9 Å². The summed E-state index contributed by atoms with van der Waals surface area (Å²) in [7, 11) is -3.55. The maximum Gasteiger partial charge on any atom is 0.243 e. The lowest BCUT2D eigenvalue weighted by Gasteiger charge is -2.34. The molecule has 1 amide bonds. The second kappa shape index (κ2) is 9.12. The number of amides is 1. The molecule has 2 saturated heterocycles. The van der Waals surface area contributed by atoms with E-state index in [9.17, 15) is 13.2 Å². The molecule has 0 spiro atoms. The highest BCUT2D eigenvalue weighted by molar-refractivity contribution is 7.89. The molecule has 3 rings (SSSR count). The number of nitrogens with one attached hydrogen (secondary N) is 1. The maximum atomic E-state index is 13.3. The van der Waals surface area contributed by atoms with Crippen LogP contribution in [0.4, 0.5) is 0 Å². The van der Waals surface area contributed by atoms with Gasteiger partial charge in [0, 0.05) is 39.3 Å². The molecule has 1 aromatic carbocycles. The number of benzene rings is 1. The van der Waals surface area contributed by atoms with E-state index in [4.69, 9.17) is 4.74 Å². The first-order chi connectivity index (χ1) is 13.7. The second-order valence-electron chi connectivity index (χ2n) is 8.21. The fourth-order valence-electron chi connectivity index (χ4n) is 4.12. The fourth-order valence-corrected chi connectivity index (χ4v) is 6.11. The van der Waals surface area contributed by atoms with Crippen LogP contribution in [0.2, 0.25) is 0 Å². The molecule has 0 bridgehead atoms. The number of hydrogen-bond donors (Lipinski definition) is 1. The highest BCUT2D eigenvalue weighted by Gasteiger charge is 2.32. The fraction of sp³-hybridized carbons (Fsp3) is 0.667. The van der Waals surface area contributed by atoms with Crippen LogP contribution in [-0.2, 0) is 19.6 Å². The Hall–Kier alpha value is -1.48. The minimum absolute atomic E-state index is 0.0298. The van der Waals surface area contributed by atoms with Gasteiger partial charge in [-0.2, -0.15) is 4.31 Å². The quantitative estimate of drug-likeness (QED) is 0.751. The molecular weight excluding hydrogens is 390 g/mol. The van der Waals surface area contributed by atoms with E-state index in [1.165, 1.54) is 0 Å². The Kier molecular flexibility index (Phi) is 6.98. The lowest BCUT2D eigenvalue weighted by molar-refractivity contribution is -0.123. The number of piperazine rings is 1. The highest BCUT2D eigenvalue weighted by Crippen LogP contribution is 2.29. The zero-order chi connectivity index (χ0) is 21.2. The molecule has 2 aliphatic heterocycles. The van der Waals surface area contributed by atoms with Gasteiger partial charge in [-0.25, -0.2) is 8.42 Å². The number of nitrogens with zero attached hydrogens (tertiary/aromatic N) is 2. The smallest absolute Gasteiger partial charge is 0.243 e. The number of carbonyl (C=O) groups excluding carboxylic acids is 1. The van der Waals surface area contributed by atoms with Crippen LogP contribution < -0.4 is 5.32 Å². The van der Waals surface area contributed by atoms with Gasteiger partial charge < -0.3 is 10.1 Å². The van der Waals surface area contributed by atoms with Crippen LogP contribution in [0.15, 0.2) is 11.0 Å². The first-order valence-electron chi connectivity index (χ1n) is 10.4.